The number of anilines is 2. The van der Waals surface area contributed by atoms with Gasteiger partial charge in [-0.15, -0.1) is 0 Å². The largest absolute Gasteiger partial charge is 0.371 e. The lowest BCUT2D eigenvalue weighted by molar-refractivity contribution is -0.116. The van der Waals surface area contributed by atoms with E-state index in [9.17, 15) is 22.0 Å². The summed E-state index contributed by atoms with van der Waals surface area (Å²) < 4.78 is 52.7. The minimum Gasteiger partial charge on any atom is -0.371 e. The third-order valence-corrected chi connectivity index (χ3v) is 6.34. The van der Waals surface area contributed by atoms with Crippen LogP contribution in [-0.4, -0.2) is 45.3 Å². The van der Waals surface area contributed by atoms with Crippen molar-refractivity contribution in [3.8, 4) is 0 Å². The maximum absolute atomic E-state index is 13.9. The van der Waals surface area contributed by atoms with Gasteiger partial charge in [0.05, 0.1) is 11.4 Å². The van der Waals surface area contributed by atoms with Crippen molar-refractivity contribution in [2.24, 2.45) is 0 Å². The van der Waals surface area contributed by atoms with Crippen LogP contribution in [0.4, 0.5) is 20.2 Å². The van der Waals surface area contributed by atoms with E-state index in [-0.39, 0.29) is 10.6 Å². The smallest absolute Gasteiger partial charge is 0.243 e. The molecule has 1 aliphatic rings. The summed E-state index contributed by atoms with van der Waals surface area (Å²) in [7, 11) is -2.70. The second-order valence-electron chi connectivity index (χ2n) is 6.66. The Labute approximate surface area is 162 Å². The van der Waals surface area contributed by atoms with E-state index in [0.717, 1.165) is 54.5 Å². The van der Waals surface area contributed by atoms with Gasteiger partial charge in [-0.3, -0.25) is 4.79 Å². The number of hydrogen-bond acceptors (Lipinski definition) is 4. The van der Waals surface area contributed by atoms with Gasteiger partial charge in [0, 0.05) is 31.5 Å². The number of benzene rings is 2. The molecule has 0 aromatic heterocycles. The number of rotatable bonds is 6. The van der Waals surface area contributed by atoms with Crippen LogP contribution in [0.25, 0.3) is 0 Å². The van der Waals surface area contributed by atoms with Crippen LogP contribution >= 0.6 is 0 Å². The molecule has 1 heterocycles. The summed E-state index contributed by atoms with van der Waals surface area (Å²) in [6.07, 6.45) is 2.06. The summed E-state index contributed by atoms with van der Waals surface area (Å²) in [4.78, 5) is 14.2. The van der Waals surface area contributed by atoms with Crippen molar-refractivity contribution in [2.45, 2.75) is 17.7 Å². The summed E-state index contributed by atoms with van der Waals surface area (Å²) in [5.41, 5.74) is 0.944. The second-order valence-corrected chi connectivity index (χ2v) is 8.70. The number of amides is 1. The molecule has 150 valence electrons. The zero-order valence-electron chi connectivity index (χ0n) is 15.4. The molecule has 6 nitrogen and oxygen atoms in total. The van der Waals surface area contributed by atoms with Crippen molar-refractivity contribution in [3.05, 3.63) is 54.1 Å². The highest BCUT2D eigenvalue weighted by Gasteiger charge is 2.23. The number of sulfonamides is 1. The highest BCUT2D eigenvalue weighted by molar-refractivity contribution is 7.89. The number of likely N-dealkylation sites (N-methyl/N-ethyl adjacent to an activating group) is 1. The van der Waals surface area contributed by atoms with E-state index in [1.165, 1.54) is 19.2 Å². The van der Waals surface area contributed by atoms with Crippen molar-refractivity contribution < 1.29 is 22.0 Å². The Morgan fingerprint density at radius 1 is 1.07 bits per heavy atom. The van der Waals surface area contributed by atoms with Gasteiger partial charge in [-0.2, -0.15) is 4.31 Å². The average Bonchev–Trinajstić information content (AvgIpc) is 3.16. The molecular weight excluding hydrogens is 388 g/mol. The summed E-state index contributed by atoms with van der Waals surface area (Å²) in [5.74, 6) is -1.64. The van der Waals surface area contributed by atoms with Crippen molar-refractivity contribution in [2.75, 3.05) is 36.9 Å². The molecule has 9 heteroatoms. The zero-order chi connectivity index (χ0) is 20.3. The fourth-order valence-electron chi connectivity index (χ4n) is 3.08. The van der Waals surface area contributed by atoms with Crippen LogP contribution in [0.15, 0.2) is 47.4 Å². The molecule has 1 saturated heterocycles. The number of carbonyl (C=O) groups is 1. The Hall–Kier alpha value is -2.52. The Morgan fingerprint density at radius 2 is 1.71 bits per heavy atom. The van der Waals surface area contributed by atoms with Gasteiger partial charge in [0.25, 0.3) is 0 Å². The van der Waals surface area contributed by atoms with Gasteiger partial charge >= 0.3 is 0 Å². The first-order chi connectivity index (χ1) is 13.3. The van der Waals surface area contributed by atoms with Gasteiger partial charge in [-0.1, -0.05) is 0 Å². The lowest BCUT2D eigenvalue weighted by Crippen LogP contribution is -2.35. The van der Waals surface area contributed by atoms with Crippen LogP contribution in [0, 0.1) is 11.6 Å². The molecule has 0 saturated carbocycles. The Morgan fingerprint density at radius 3 is 2.36 bits per heavy atom. The molecular formula is C19H21F2N3O3S. The van der Waals surface area contributed by atoms with E-state index in [1.54, 1.807) is 6.07 Å². The standard InChI is InChI=1S/C19H21F2N3O3S/c1-23(28(26,27)18-6-4-14(20)5-7-18)13-19(25)22-16-10-15(21)11-17(12-16)24-8-2-3-9-24/h4-7,10-12H,2-3,8-9,13H2,1H3,(H,22,25). The van der Waals surface area contributed by atoms with Crippen molar-refractivity contribution in [1.82, 2.24) is 4.31 Å². The van der Waals surface area contributed by atoms with Gasteiger partial charge in [0.2, 0.25) is 15.9 Å². The number of halogens is 2. The first-order valence-electron chi connectivity index (χ1n) is 8.83. The van der Waals surface area contributed by atoms with E-state index in [0.29, 0.717) is 5.69 Å². The molecule has 2 aromatic carbocycles. The summed E-state index contributed by atoms with van der Waals surface area (Å²) in [5, 5.41) is 2.54. The highest BCUT2D eigenvalue weighted by atomic mass is 32.2. The van der Waals surface area contributed by atoms with Crippen molar-refractivity contribution in [1.29, 1.82) is 0 Å². The molecule has 1 aliphatic heterocycles. The first kappa shape index (κ1) is 20.2. The number of nitrogens with zero attached hydrogens (tertiary/aromatic N) is 2. The zero-order valence-corrected chi connectivity index (χ0v) is 16.2. The van der Waals surface area contributed by atoms with Gasteiger partial charge in [0.15, 0.2) is 0 Å². The Kier molecular flexibility index (Phi) is 5.95. The van der Waals surface area contributed by atoms with Crippen LogP contribution in [-0.2, 0) is 14.8 Å². The second kappa shape index (κ2) is 8.24. The van der Waals surface area contributed by atoms with E-state index in [1.807, 2.05) is 4.90 Å². The molecule has 1 fully saturated rings. The van der Waals surface area contributed by atoms with Gasteiger partial charge in [0.1, 0.15) is 11.6 Å². The molecule has 1 amide bonds. The summed E-state index contributed by atoms with van der Waals surface area (Å²) in [6, 6.07) is 8.60. The predicted molar refractivity (Wildman–Crippen MR) is 103 cm³/mol. The highest BCUT2D eigenvalue weighted by Crippen LogP contribution is 2.25. The third-order valence-electron chi connectivity index (χ3n) is 4.53. The molecule has 2 aromatic rings. The minimum absolute atomic E-state index is 0.119. The molecule has 1 N–H and O–H groups in total. The van der Waals surface area contributed by atoms with Gasteiger partial charge in [-0.25, -0.2) is 17.2 Å². The lowest BCUT2D eigenvalue weighted by Gasteiger charge is -2.20. The fourth-order valence-corrected chi connectivity index (χ4v) is 4.21. The number of nitrogens with one attached hydrogen (secondary N) is 1. The van der Waals surface area contributed by atoms with Crippen molar-refractivity contribution in [3.63, 3.8) is 0 Å². The van der Waals surface area contributed by atoms with Crippen LogP contribution in [0.2, 0.25) is 0 Å². The normalized spacial score (nSPS) is 14.5. The fraction of sp³-hybridized carbons (Fsp3) is 0.316. The lowest BCUT2D eigenvalue weighted by atomic mass is 10.2. The Bertz CT molecular complexity index is 959. The Balaban J connectivity index is 1.69. The van der Waals surface area contributed by atoms with E-state index in [2.05, 4.69) is 5.32 Å². The average molecular weight is 409 g/mol. The molecule has 0 aliphatic carbocycles. The molecule has 3 rings (SSSR count). The molecule has 0 bridgehead atoms. The van der Waals surface area contributed by atoms with E-state index in [4.69, 9.17) is 0 Å². The SMILES string of the molecule is CN(CC(=O)Nc1cc(F)cc(N2CCCC2)c1)S(=O)(=O)c1ccc(F)cc1. The monoisotopic (exact) mass is 409 g/mol. The predicted octanol–water partition coefficient (Wildman–Crippen LogP) is 2.82. The summed E-state index contributed by atoms with van der Waals surface area (Å²) in [6.45, 7) is 1.19. The third kappa shape index (κ3) is 4.66. The summed E-state index contributed by atoms with van der Waals surface area (Å²) >= 11 is 0. The molecule has 0 unspecified atom stereocenters. The molecule has 28 heavy (non-hydrogen) atoms. The minimum atomic E-state index is -3.95. The van der Waals surface area contributed by atoms with Gasteiger partial charge in [-0.05, 0) is 55.3 Å². The van der Waals surface area contributed by atoms with Gasteiger partial charge < -0.3 is 10.2 Å². The molecule has 0 spiro atoms. The molecule has 0 radical (unpaired) electrons. The van der Waals surface area contributed by atoms with Crippen molar-refractivity contribution >= 4 is 27.3 Å². The van der Waals surface area contributed by atoms with E-state index < -0.39 is 34.1 Å². The number of carbonyl (C=O) groups excluding carboxylic acids is 1. The maximum Gasteiger partial charge on any atom is 0.243 e. The topological polar surface area (TPSA) is 69.7 Å². The number of hydrogen-bond donors (Lipinski definition) is 1. The van der Waals surface area contributed by atoms with Crippen LogP contribution in [0.1, 0.15) is 12.8 Å². The van der Waals surface area contributed by atoms with Crippen LogP contribution in [0.5, 0.6) is 0 Å². The quantitative estimate of drug-likeness (QED) is 0.797. The first-order valence-corrected chi connectivity index (χ1v) is 10.3. The van der Waals surface area contributed by atoms with E-state index >= 15 is 0 Å². The van der Waals surface area contributed by atoms with Crippen LogP contribution in [0.3, 0.4) is 0 Å². The maximum atomic E-state index is 13.9. The van der Waals surface area contributed by atoms with Crippen LogP contribution < -0.4 is 10.2 Å². The molecule has 0 atom stereocenters.